The van der Waals surface area contributed by atoms with Crippen LogP contribution in [0.3, 0.4) is 0 Å². The Balaban J connectivity index is 1.96. The highest BCUT2D eigenvalue weighted by Gasteiger charge is 2.35. The Bertz CT molecular complexity index is 1190. The zero-order valence-corrected chi connectivity index (χ0v) is 19.6. The smallest absolute Gasteiger partial charge is 0.419 e. The van der Waals surface area contributed by atoms with E-state index in [0.717, 1.165) is 6.07 Å². The van der Waals surface area contributed by atoms with Crippen LogP contribution in [0, 0.1) is 12.7 Å². The molecule has 0 radical (unpaired) electrons. The van der Waals surface area contributed by atoms with Gasteiger partial charge in [-0.25, -0.2) is 14.4 Å². The number of rotatable bonds is 10. The molecule has 12 heteroatoms. The molecule has 0 amide bonds. The standard InChI is InChI=1S/C23H26F4N4O4/c1-12-30-18-8-19(34-4)20(35-11-15(33-3)10-32-2)7-16(18)22(31-12)29-9-13-5-14(28)6-17(21(13)24)23(25,26)27/h5-8,15H,9-11,28H2,1-4H3,(H,29,30,31). The van der Waals surface area contributed by atoms with Crippen LogP contribution in [0.1, 0.15) is 17.0 Å². The maximum atomic E-state index is 14.6. The second kappa shape index (κ2) is 10.9. The number of hydrogen-bond acceptors (Lipinski definition) is 8. The number of nitrogens with one attached hydrogen (secondary N) is 1. The lowest BCUT2D eigenvalue weighted by atomic mass is 10.1. The molecule has 0 saturated heterocycles. The topological polar surface area (TPSA) is 101 Å². The first-order chi connectivity index (χ1) is 16.6. The molecule has 8 nitrogen and oxygen atoms in total. The third-order valence-electron chi connectivity index (χ3n) is 5.13. The molecule has 0 fully saturated rings. The van der Waals surface area contributed by atoms with Gasteiger partial charge in [0.15, 0.2) is 11.5 Å². The highest BCUT2D eigenvalue weighted by atomic mass is 19.4. The van der Waals surface area contributed by atoms with Crippen molar-refractivity contribution >= 4 is 22.4 Å². The van der Waals surface area contributed by atoms with E-state index in [1.54, 1.807) is 26.2 Å². The van der Waals surface area contributed by atoms with Crippen LogP contribution in [0.4, 0.5) is 29.1 Å². The zero-order chi connectivity index (χ0) is 25.8. The summed E-state index contributed by atoms with van der Waals surface area (Å²) in [6.07, 6.45) is -5.21. The van der Waals surface area contributed by atoms with Gasteiger partial charge in [-0.05, 0) is 25.1 Å². The van der Waals surface area contributed by atoms with Gasteiger partial charge in [-0.2, -0.15) is 13.2 Å². The van der Waals surface area contributed by atoms with Gasteiger partial charge in [0.1, 0.15) is 30.2 Å². The summed E-state index contributed by atoms with van der Waals surface area (Å²) in [6.45, 7) is 1.83. The molecule has 0 bridgehead atoms. The average Bonchev–Trinajstić information content (AvgIpc) is 2.80. The fourth-order valence-electron chi connectivity index (χ4n) is 3.44. The zero-order valence-electron chi connectivity index (χ0n) is 19.6. The molecular weight excluding hydrogens is 472 g/mol. The lowest BCUT2D eigenvalue weighted by Gasteiger charge is -2.18. The maximum absolute atomic E-state index is 14.6. The fourth-order valence-corrected chi connectivity index (χ4v) is 3.44. The van der Waals surface area contributed by atoms with Crippen molar-refractivity contribution in [3.05, 3.63) is 47.0 Å². The summed E-state index contributed by atoms with van der Waals surface area (Å²) in [5.41, 5.74) is 4.19. The van der Waals surface area contributed by atoms with Gasteiger partial charge in [-0.15, -0.1) is 0 Å². The SMILES string of the molecule is COCC(COc1cc2c(NCc3cc(N)cc(C(F)(F)F)c3F)nc(C)nc2cc1OC)OC. The van der Waals surface area contributed by atoms with Crippen molar-refractivity contribution in [3.63, 3.8) is 0 Å². The summed E-state index contributed by atoms with van der Waals surface area (Å²) < 4.78 is 75.8. The molecule has 0 aliphatic rings. The van der Waals surface area contributed by atoms with Gasteiger partial charge in [-0.1, -0.05) is 0 Å². The van der Waals surface area contributed by atoms with Crippen LogP contribution in [0.15, 0.2) is 24.3 Å². The van der Waals surface area contributed by atoms with Crippen LogP contribution in [-0.4, -0.2) is 50.6 Å². The van der Waals surface area contributed by atoms with Crippen LogP contribution in [-0.2, 0) is 22.2 Å². The van der Waals surface area contributed by atoms with Gasteiger partial charge in [0, 0.05) is 43.5 Å². The molecule has 1 atom stereocenters. The number of fused-ring (bicyclic) bond motifs is 1. The van der Waals surface area contributed by atoms with Crippen LogP contribution in [0.5, 0.6) is 11.5 Å². The van der Waals surface area contributed by atoms with Crippen molar-refractivity contribution in [2.24, 2.45) is 0 Å². The highest BCUT2D eigenvalue weighted by molar-refractivity contribution is 5.91. The molecular formula is C23H26F4N4O4. The highest BCUT2D eigenvalue weighted by Crippen LogP contribution is 2.36. The van der Waals surface area contributed by atoms with Gasteiger partial charge < -0.3 is 30.0 Å². The van der Waals surface area contributed by atoms with E-state index in [1.807, 2.05) is 0 Å². The van der Waals surface area contributed by atoms with E-state index >= 15 is 0 Å². The minimum absolute atomic E-state index is 0.163. The molecule has 35 heavy (non-hydrogen) atoms. The Hall–Kier alpha value is -3.38. The number of benzene rings is 2. The largest absolute Gasteiger partial charge is 0.493 e. The molecule has 0 spiro atoms. The maximum Gasteiger partial charge on any atom is 0.419 e. The lowest BCUT2D eigenvalue weighted by molar-refractivity contribution is -0.140. The van der Waals surface area contributed by atoms with Crippen LogP contribution in [0.2, 0.25) is 0 Å². The molecule has 3 aromatic rings. The number of anilines is 2. The van der Waals surface area contributed by atoms with E-state index < -0.39 is 17.6 Å². The number of ether oxygens (including phenoxy) is 4. The quantitative estimate of drug-likeness (QED) is 0.315. The molecule has 1 heterocycles. The monoisotopic (exact) mass is 498 g/mol. The Labute approximate surface area is 199 Å². The van der Waals surface area contributed by atoms with E-state index in [9.17, 15) is 17.6 Å². The van der Waals surface area contributed by atoms with E-state index in [1.165, 1.54) is 14.2 Å². The molecule has 1 aromatic heterocycles. The summed E-state index contributed by atoms with van der Waals surface area (Å²) in [5.74, 6) is 0.0345. The summed E-state index contributed by atoms with van der Waals surface area (Å²) >= 11 is 0. The average molecular weight is 498 g/mol. The Kier molecular flexibility index (Phi) is 8.18. The van der Waals surface area contributed by atoms with Crippen LogP contribution >= 0.6 is 0 Å². The molecule has 1 unspecified atom stereocenters. The van der Waals surface area contributed by atoms with Crippen molar-refractivity contribution in [3.8, 4) is 11.5 Å². The van der Waals surface area contributed by atoms with Crippen LogP contribution in [0.25, 0.3) is 10.9 Å². The Morgan fingerprint density at radius 1 is 1.03 bits per heavy atom. The number of methoxy groups -OCH3 is 3. The Morgan fingerprint density at radius 3 is 2.40 bits per heavy atom. The number of aryl methyl sites for hydroxylation is 1. The number of hydrogen-bond donors (Lipinski definition) is 2. The second-order valence-corrected chi connectivity index (χ2v) is 7.66. The third-order valence-corrected chi connectivity index (χ3v) is 5.13. The molecule has 0 saturated carbocycles. The third kappa shape index (κ3) is 6.20. The van der Waals surface area contributed by atoms with Gasteiger partial charge in [-0.3, -0.25) is 0 Å². The van der Waals surface area contributed by atoms with Gasteiger partial charge >= 0.3 is 6.18 Å². The number of aromatic nitrogens is 2. The molecule has 190 valence electrons. The fraction of sp³-hybridized carbons (Fsp3) is 0.391. The summed E-state index contributed by atoms with van der Waals surface area (Å²) in [6, 6.07) is 4.99. The molecule has 0 aliphatic carbocycles. The van der Waals surface area contributed by atoms with Crippen molar-refractivity contribution in [1.82, 2.24) is 9.97 Å². The predicted octanol–water partition coefficient (Wildman–Crippen LogP) is 4.34. The first-order valence-electron chi connectivity index (χ1n) is 10.5. The summed E-state index contributed by atoms with van der Waals surface area (Å²) in [5, 5.41) is 3.39. The van der Waals surface area contributed by atoms with Crippen molar-refractivity contribution in [2.75, 3.05) is 45.6 Å². The van der Waals surface area contributed by atoms with E-state index in [0.29, 0.717) is 40.9 Å². The van der Waals surface area contributed by atoms with Crippen molar-refractivity contribution < 1.29 is 36.5 Å². The first kappa shape index (κ1) is 26.2. The molecule has 3 N–H and O–H groups in total. The number of alkyl halides is 3. The Morgan fingerprint density at radius 2 is 1.77 bits per heavy atom. The molecule has 0 aliphatic heterocycles. The number of halogens is 4. The van der Waals surface area contributed by atoms with Gasteiger partial charge in [0.25, 0.3) is 0 Å². The minimum atomic E-state index is -4.88. The summed E-state index contributed by atoms with van der Waals surface area (Å²) in [7, 11) is 4.55. The lowest BCUT2D eigenvalue weighted by Crippen LogP contribution is -2.25. The van der Waals surface area contributed by atoms with Crippen molar-refractivity contribution in [2.45, 2.75) is 25.7 Å². The molecule has 3 rings (SSSR count). The van der Waals surface area contributed by atoms with E-state index in [4.69, 9.17) is 24.7 Å². The summed E-state index contributed by atoms with van der Waals surface area (Å²) in [4.78, 5) is 8.72. The predicted molar refractivity (Wildman–Crippen MR) is 122 cm³/mol. The van der Waals surface area contributed by atoms with Crippen LogP contribution < -0.4 is 20.5 Å². The van der Waals surface area contributed by atoms with Crippen molar-refractivity contribution in [1.29, 1.82) is 0 Å². The number of nitrogens with zero attached hydrogens (tertiary/aromatic N) is 2. The minimum Gasteiger partial charge on any atom is -0.493 e. The number of nitrogens with two attached hydrogens (primary N) is 1. The second-order valence-electron chi connectivity index (χ2n) is 7.66. The normalized spacial score (nSPS) is 12.6. The van der Waals surface area contributed by atoms with Gasteiger partial charge in [0.2, 0.25) is 0 Å². The first-order valence-corrected chi connectivity index (χ1v) is 10.5. The van der Waals surface area contributed by atoms with E-state index in [-0.39, 0.29) is 36.3 Å². The molecule has 2 aromatic carbocycles. The van der Waals surface area contributed by atoms with Gasteiger partial charge in [0.05, 0.1) is 24.8 Å². The van der Waals surface area contributed by atoms with E-state index in [2.05, 4.69) is 15.3 Å². The number of nitrogen functional groups attached to an aromatic ring is 1.